The zero-order valence-electron chi connectivity index (χ0n) is 21.8. The van der Waals surface area contributed by atoms with Crippen molar-refractivity contribution < 1.29 is 26.7 Å². The number of fused-ring (bicyclic) bond motifs is 2. The highest BCUT2D eigenvalue weighted by molar-refractivity contribution is 7.90. The van der Waals surface area contributed by atoms with Crippen LogP contribution in [0.15, 0.2) is 83.9 Å². The number of pyridine rings is 1. The second kappa shape index (κ2) is 10.4. The Balaban J connectivity index is 1.44. The lowest BCUT2D eigenvalue weighted by Crippen LogP contribution is -2.13. The van der Waals surface area contributed by atoms with Gasteiger partial charge in [0.25, 0.3) is 5.91 Å². The monoisotopic (exact) mass is 574 g/mol. The van der Waals surface area contributed by atoms with Crippen LogP contribution in [0.3, 0.4) is 0 Å². The molecule has 1 amide bonds. The third-order valence-electron chi connectivity index (χ3n) is 7.01. The number of imidazole rings is 1. The normalized spacial score (nSPS) is 13.0. The molecule has 0 spiro atoms. The van der Waals surface area contributed by atoms with Crippen molar-refractivity contribution in [1.29, 1.82) is 0 Å². The lowest BCUT2D eigenvalue weighted by atomic mass is 10.0. The number of hydrogen-bond acceptors (Lipinski definition) is 6. The molecule has 0 atom stereocenters. The van der Waals surface area contributed by atoms with Crippen LogP contribution in [0.1, 0.15) is 33.0 Å². The van der Waals surface area contributed by atoms with E-state index in [1.165, 1.54) is 6.07 Å². The highest BCUT2D eigenvalue weighted by Crippen LogP contribution is 2.30. The number of nitrogens with zero attached hydrogens (tertiary/aromatic N) is 3. The van der Waals surface area contributed by atoms with Gasteiger partial charge in [0, 0.05) is 42.1 Å². The van der Waals surface area contributed by atoms with Crippen LogP contribution in [0, 0.1) is 0 Å². The zero-order chi connectivity index (χ0) is 28.7. The number of carbonyl (C=O) groups is 1. The Morgan fingerprint density at radius 2 is 1.80 bits per heavy atom. The van der Waals surface area contributed by atoms with Crippen molar-refractivity contribution in [2.75, 3.05) is 6.26 Å². The first-order valence-corrected chi connectivity index (χ1v) is 14.6. The van der Waals surface area contributed by atoms with Crippen molar-refractivity contribution in [3.05, 3.63) is 107 Å². The summed E-state index contributed by atoms with van der Waals surface area (Å²) in [5, 5.41) is 2.77. The summed E-state index contributed by atoms with van der Waals surface area (Å²) in [6, 6.07) is 20.9. The number of benzene rings is 3. The van der Waals surface area contributed by atoms with E-state index in [4.69, 9.17) is 9.72 Å². The summed E-state index contributed by atoms with van der Waals surface area (Å²) >= 11 is 0. The van der Waals surface area contributed by atoms with E-state index in [1.54, 1.807) is 48.7 Å². The van der Waals surface area contributed by atoms with Crippen molar-refractivity contribution in [3.8, 4) is 16.9 Å². The first kappa shape index (κ1) is 26.6. The summed E-state index contributed by atoms with van der Waals surface area (Å²) in [6.07, 6.45) is 3.19. The maximum absolute atomic E-state index is 13.2. The van der Waals surface area contributed by atoms with Gasteiger partial charge < -0.3 is 14.6 Å². The molecular weight excluding hydrogens is 550 g/mol. The molecule has 208 valence electrons. The van der Waals surface area contributed by atoms with E-state index in [2.05, 4.69) is 10.3 Å². The predicted molar refractivity (Wildman–Crippen MR) is 149 cm³/mol. The quantitative estimate of drug-likeness (QED) is 0.280. The first-order valence-electron chi connectivity index (χ1n) is 12.7. The lowest BCUT2D eigenvalue weighted by Gasteiger charge is -2.14. The third kappa shape index (κ3) is 5.40. The van der Waals surface area contributed by atoms with E-state index in [-0.39, 0.29) is 23.1 Å². The van der Waals surface area contributed by atoms with Crippen molar-refractivity contribution in [1.82, 2.24) is 19.9 Å². The van der Waals surface area contributed by atoms with Crippen LogP contribution < -0.4 is 10.1 Å². The smallest absolute Gasteiger partial charge is 0.387 e. The molecule has 11 heteroatoms. The molecule has 6 rings (SSSR count). The molecule has 3 aromatic carbocycles. The SMILES string of the molecule is CS(=O)(=O)c1ccc(Cc2nc3ccc(-c4cnc5c(c4)CNC5=O)cc3n2Cc2ccccc2OC(F)F)cc1. The number of sulfone groups is 1. The minimum Gasteiger partial charge on any atom is -0.434 e. The van der Waals surface area contributed by atoms with Gasteiger partial charge >= 0.3 is 6.61 Å². The second-order valence-electron chi connectivity index (χ2n) is 9.81. The van der Waals surface area contributed by atoms with Crippen LogP contribution >= 0.6 is 0 Å². The Hall–Kier alpha value is -4.64. The summed E-state index contributed by atoms with van der Waals surface area (Å²) < 4.78 is 56.9. The Morgan fingerprint density at radius 3 is 2.56 bits per heavy atom. The maximum Gasteiger partial charge on any atom is 0.387 e. The number of amides is 1. The number of rotatable bonds is 8. The summed E-state index contributed by atoms with van der Waals surface area (Å²) in [7, 11) is -3.34. The molecule has 1 aliphatic rings. The fraction of sp³-hybridized carbons (Fsp3) is 0.167. The molecule has 0 radical (unpaired) electrons. The molecule has 0 saturated carbocycles. The largest absolute Gasteiger partial charge is 0.434 e. The Labute approximate surface area is 234 Å². The third-order valence-corrected chi connectivity index (χ3v) is 8.14. The number of carbonyl (C=O) groups excluding carboxylic acids is 1. The number of nitrogens with one attached hydrogen (secondary N) is 1. The Morgan fingerprint density at radius 1 is 1.02 bits per heavy atom. The van der Waals surface area contributed by atoms with Gasteiger partial charge in [-0.15, -0.1) is 0 Å². The first-order chi connectivity index (χ1) is 19.7. The molecule has 0 fully saturated rings. The highest BCUT2D eigenvalue weighted by Gasteiger charge is 2.21. The van der Waals surface area contributed by atoms with Crippen LogP contribution in [-0.2, 0) is 29.3 Å². The Kier molecular flexibility index (Phi) is 6.74. The van der Waals surface area contributed by atoms with Gasteiger partial charge in [-0.2, -0.15) is 8.78 Å². The minimum atomic E-state index is -3.34. The number of halogens is 2. The van der Waals surface area contributed by atoms with E-state index in [1.807, 2.05) is 28.8 Å². The fourth-order valence-corrected chi connectivity index (χ4v) is 5.61. The van der Waals surface area contributed by atoms with E-state index >= 15 is 0 Å². The van der Waals surface area contributed by atoms with Gasteiger partial charge in [0.1, 0.15) is 17.3 Å². The highest BCUT2D eigenvalue weighted by atomic mass is 32.2. The number of hydrogen-bond donors (Lipinski definition) is 1. The van der Waals surface area contributed by atoms with Crippen molar-refractivity contribution in [2.24, 2.45) is 0 Å². The molecule has 1 N–H and O–H groups in total. The maximum atomic E-state index is 13.2. The van der Waals surface area contributed by atoms with Gasteiger partial charge in [0.15, 0.2) is 9.84 Å². The summed E-state index contributed by atoms with van der Waals surface area (Å²) in [4.78, 5) is 21.4. The Bertz CT molecular complexity index is 1900. The van der Waals surface area contributed by atoms with Crippen molar-refractivity contribution >= 4 is 26.8 Å². The molecule has 0 aliphatic carbocycles. The second-order valence-corrected chi connectivity index (χ2v) is 11.8. The van der Waals surface area contributed by atoms with Crippen LogP contribution in [0.25, 0.3) is 22.2 Å². The molecular formula is C30H24F2N4O4S. The molecule has 0 bridgehead atoms. The molecule has 5 aromatic rings. The molecule has 41 heavy (non-hydrogen) atoms. The van der Waals surface area contributed by atoms with Gasteiger partial charge in [0.2, 0.25) is 0 Å². The summed E-state index contributed by atoms with van der Waals surface area (Å²) in [6.45, 7) is -2.34. The molecule has 0 saturated heterocycles. The molecule has 3 heterocycles. The molecule has 1 aliphatic heterocycles. The van der Waals surface area contributed by atoms with Gasteiger partial charge in [-0.25, -0.2) is 13.4 Å². The number of para-hydroxylation sites is 1. The average molecular weight is 575 g/mol. The summed E-state index contributed by atoms with van der Waals surface area (Å²) in [5.41, 5.74) is 5.78. The number of ether oxygens (including phenoxy) is 1. The van der Waals surface area contributed by atoms with Crippen LogP contribution in [-0.4, -0.2) is 41.7 Å². The predicted octanol–water partition coefficient (Wildman–Crippen LogP) is 4.99. The van der Waals surface area contributed by atoms with Crippen molar-refractivity contribution in [3.63, 3.8) is 0 Å². The van der Waals surface area contributed by atoms with Gasteiger partial charge in [-0.1, -0.05) is 36.4 Å². The van der Waals surface area contributed by atoms with Gasteiger partial charge in [0.05, 0.1) is 22.5 Å². The van der Waals surface area contributed by atoms with E-state index in [0.717, 1.165) is 34.0 Å². The van der Waals surface area contributed by atoms with Gasteiger partial charge in [-0.05, 0) is 47.5 Å². The fourth-order valence-electron chi connectivity index (χ4n) is 4.98. The van der Waals surface area contributed by atoms with E-state index in [9.17, 15) is 22.0 Å². The van der Waals surface area contributed by atoms with E-state index in [0.29, 0.717) is 35.6 Å². The van der Waals surface area contributed by atoms with Gasteiger partial charge in [-0.3, -0.25) is 9.78 Å². The topological polar surface area (TPSA) is 103 Å². The minimum absolute atomic E-state index is 0.0731. The molecule has 8 nitrogen and oxygen atoms in total. The van der Waals surface area contributed by atoms with E-state index < -0.39 is 16.4 Å². The number of alkyl halides is 2. The molecule has 2 aromatic heterocycles. The lowest BCUT2D eigenvalue weighted by molar-refractivity contribution is -0.0504. The zero-order valence-corrected chi connectivity index (χ0v) is 22.7. The van der Waals surface area contributed by atoms with Crippen molar-refractivity contribution in [2.45, 2.75) is 31.0 Å². The molecule has 0 unspecified atom stereocenters. The van der Waals surface area contributed by atoms with Crippen LogP contribution in [0.5, 0.6) is 5.75 Å². The average Bonchev–Trinajstić information content (AvgIpc) is 3.48. The standard InChI is InChI=1S/C30H24F2N4O4S/c1-41(38,39)23-9-6-18(7-10-23)12-27-35-24-11-8-19(21-13-22-16-34-29(37)28(22)33-15-21)14-25(24)36(27)17-20-4-2-3-5-26(20)40-30(31)32/h2-11,13-15,30H,12,16-17H2,1H3,(H,34,37). The van der Waals surface area contributed by atoms with Crippen LogP contribution in [0.2, 0.25) is 0 Å². The number of aromatic nitrogens is 3. The van der Waals surface area contributed by atoms with Crippen LogP contribution in [0.4, 0.5) is 8.78 Å². The summed E-state index contributed by atoms with van der Waals surface area (Å²) in [5.74, 6) is 0.543.